The number of hydrogen-bond acceptors (Lipinski definition) is 4. The topological polar surface area (TPSA) is 54.7 Å². The van der Waals surface area contributed by atoms with Gasteiger partial charge in [0.25, 0.3) is 0 Å². The summed E-state index contributed by atoms with van der Waals surface area (Å²) in [4.78, 5) is 8.97. The molecule has 148 valence electrons. The highest BCUT2D eigenvalue weighted by atomic mass is 32.1. The minimum absolute atomic E-state index is 0.123. The van der Waals surface area contributed by atoms with Crippen LogP contribution in [0.4, 0.5) is 5.69 Å². The molecule has 0 aliphatic rings. The molecule has 0 fully saturated rings. The Morgan fingerprint density at radius 2 is 1.93 bits per heavy atom. The SMILES string of the molecule is CCCCC(CC)Cn1/c(=N\C)sc2cc([N+]#N)c(OC(CC)CC)cc21. The second-order valence-electron chi connectivity index (χ2n) is 7.08. The van der Waals surface area contributed by atoms with Gasteiger partial charge in [0.2, 0.25) is 11.1 Å². The van der Waals surface area contributed by atoms with E-state index in [9.17, 15) is 5.39 Å². The summed E-state index contributed by atoms with van der Waals surface area (Å²) in [5.41, 5.74) is 1.60. The van der Waals surface area contributed by atoms with Crippen LogP contribution in [0.25, 0.3) is 15.2 Å². The van der Waals surface area contributed by atoms with Gasteiger partial charge in [0, 0.05) is 19.7 Å². The highest BCUT2D eigenvalue weighted by Gasteiger charge is 2.22. The standard InChI is InChI=1S/C21H33N4OS/c1-6-10-11-15(7-2)14-25-18-13-19(26-16(8-3)9-4)17(24-22)12-20(18)27-21(25)23-5/h12-13,15-16H,6-11,14H2,1-5H3/q+1/b23-21+. The zero-order chi connectivity index (χ0) is 19.8. The first-order valence-corrected chi connectivity index (χ1v) is 11.0. The normalized spacial score (nSPS) is 13.3. The Labute approximate surface area is 166 Å². The maximum Gasteiger partial charge on any atom is 0.427 e. The van der Waals surface area contributed by atoms with Crippen molar-refractivity contribution in [3.8, 4) is 5.75 Å². The number of fused-ring (bicyclic) bond motifs is 1. The summed E-state index contributed by atoms with van der Waals surface area (Å²) in [7, 11) is 1.84. The fourth-order valence-corrected chi connectivity index (χ4v) is 4.43. The molecule has 0 saturated carbocycles. The van der Waals surface area contributed by atoms with E-state index in [0.717, 1.165) is 40.8 Å². The fraction of sp³-hybridized carbons (Fsp3) is 0.667. The number of ether oxygens (including phenoxy) is 1. The van der Waals surface area contributed by atoms with Crippen LogP contribution in [-0.4, -0.2) is 17.7 Å². The third-order valence-corrected chi connectivity index (χ3v) is 6.38. The Morgan fingerprint density at radius 1 is 1.19 bits per heavy atom. The van der Waals surface area contributed by atoms with Crippen molar-refractivity contribution >= 4 is 27.2 Å². The fourth-order valence-electron chi connectivity index (χ4n) is 3.41. The van der Waals surface area contributed by atoms with Crippen molar-refractivity contribution in [2.24, 2.45) is 10.9 Å². The van der Waals surface area contributed by atoms with Gasteiger partial charge in [-0.2, -0.15) is 0 Å². The number of diazo groups is 1. The van der Waals surface area contributed by atoms with Gasteiger partial charge in [-0.15, -0.1) is 0 Å². The molecule has 0 bridgehead atoms. The minimum atomic E-state index is 0.123. The van der Waals surface area contributed by atoms with Crippen molar-refractivity contribution in [2.75, 3.05) is 7.05 Å². The molecule has 1 atom stereocenters. The van der Waals surface area contributed by atoms with E-state index in [1.165, 1.54) is 19.3 Å². The van der Waals surface area contributed by atoms with Crippen LogP contribution in [0, 0.1) is 11.3 Å². The molecule has 0 amide bonds. The molecule has 0 aliphatic carbocycles. The van der Waals surface area contributed by atoms with Gasteiger partial charge in [0.1, 0.15) is 0 Å². The largest absolute Gasteiger partial charge is 0.483 e. The van der Waals surface area contributed by atoms with Crippen LogP contribution in [0.15, 0.2) is 17.1 Å². The van der Waals surface area contributed by atoms with E-state index in [0.29, 0.717) is 17.4 Å². The third kappa shape index (κ3) is 5.10. The first kappa shape index (κ1) is 21.4. The van der Waals surface area contributed by atoms with Crippen LogP contribution >= 0.6 is 11.3 Å². The summed E-state index contributed by atoms with van der Waals surface area (Å²) in [5.74, 6) is 1.29. The quantitative estimate of drug-likeness (QED) is 0.435. The van der Waals surface area contributed by atoms with Gasteiger partial charge in [0.15, 0.2) is 9.78 Å². The number of aromatic nitrogens is 1. The van der Waals surface area contributed by atoms with Crippen molar-refractivity contribution in [2.45, 2.75) is 78.9 Å². The van der Waals surface area contributed by atoms with E-state index in [2.05, 4.69) is 42.2 Å². The molecule has 0 aliphatic heterocycles. The molecule has 5 nitrogen and oxygen atoms in total. The molecule has 2 aromatic rings. The Morgan fingerprint density at radius 3 is 2.48 bits per heavy atom. The molecular formula is C21H33N4OS+. The predicted octanol–water partition coefficient (Wildman–Crippen LogP) is 6.50. The summed E-state index contributed by atoms with van der Waals surface area (Å²) in [6.07, 6.45) is 6.86. The van der Waals surface area contributed by atoms with E-state index >= 15 is 0 Å². The highest BCUT2D eigenvalue weighted by molar-refractivity contribution is 7.16. The van der Waals surface area contributed by atoms with Crippen molar-refractivity contribution in [3.63, 3.8) is 0 Å². The predicted molar refractivity (Wildman–Crippen MR) is 114 cm³/mol. The number of rotatable bonds is 10. The molecule has 1 heterocycles. The van der Waals surface area contributed by atoms with Crippen molar-refractivity contribution in [3.05, 3.63) is 21.9 Å². The first-order chi connectivity index (χ1) is 13.1. The van der Waals surface area contributed by atoms with Gasteiger partial charge < -0.3 is 9.30 Å². The summed E-state index contributed by atoms with van der Waals surface area (Å²) in [6, 6.07) is 3.94. The van der Waals surface area contributed by atoms with Gasteiger partial charge in [0.05, 0.1) is 22.4 Å². The molecule has 1 aromatic carbocycles. The molecule has 1 aromatic heterocycles. The van der Waals surface area contributed by atoms with E-state index < -0.39 is 0 Å². The van der Waals surface area contributed by atoms with Gasteiger partial charge in [-0.1, -0.05) is 58.3 Å². The summed E-state index contributed by atoms with van der Waals surface area (Å²) in [6.45, 7) is 9.70. The van der Waals surface area contributed by atoms with Crippen LogP contribution in [-0.2, 0) is 6.54 Å². The van der Waals surface area contributed by atoms with Crippen LogP contribution in [0.2, 0.25) is 0 Å². The van der Waals surface area contributed by atoms with E-state index in [1.54, 1.807) is 11.3 Å². The van der Waals surface area contributed by atoms with Gasteiger partial charge in [-0.25, -0.2) is 0 Å². The Kier molecular flexibility index (Phi) is 8.30. The van der Waals surface area contributed by atoms with Crippen LogP contribution in [0.5, 0.6) is 5.75 Å². The lowest BCUT2D eigenvalue weighted by atomic mass is 9.99. The minimum Gasteiger partial charge on any atom is -0.483 e. The molecule has 2 rings (SSSR count). The van der Waals surface area contributed by atoms with Crippen LogP contribution < -0.4 is 9.54 Å². The van der Waals surface area contributed by atoms with Gasteiger partial charge >= 0.3 is 5.69 Å². The molecule has 1 unspecified atom stereocenters. The van der Waals surface area contributed by atoms with Gasteiger partial charge in [-0.3, -0.25) is 4.99 Å². The van der Waals surface area contributed by atoms with E-state index in [-0.39, 0.29) is 6.10 Å². The average molecular weight is 390 g/mol. The molecule has 0 N–H and O–H groups in total. The van der Waals surface area contributed by atoms with E-state index in [1.807, 2.05) is 19.2 Å². The molecule has 6 heteroatoms. The molecule has 0 saturated heterocycles. The van der Waals surface area contributed by atoms with Crippen LogP contribution in [0.1, 0.15) is 66.2 Å². The highest BCUT2D eigenvalue weighted by Crippen LogP contribution is 2.35. The smallest absolute Gasteiger partial charge is 0.427 e. The Balaban J connectivity index is 2.51. The lowest BCUT2D eigenvalue weighted by molar-refractivity contribution is 0.194. The van der Waals surface area contributed by atoms with Gasteiger partial charge in [-0.05, 0) is 25.2 Å². The molecule has 27 heavy (non-hydrogen) atoms. The number of benzene rings is 1. The second kappa shape index (κ2) is 10.5. The molecular weight excluding hydrogens is 356 g/mol. The zero-order valence-corrected chi connectivity index (χ0v) is 18.2. The average Bonchev–Trinajstić information content (AvgIpc) is 3.04. The maximum absolute atomic E-state index is 9.47. The lowest BCUT2D eigenvalue weighted by Gasteiger charge is -2.17. The maximum atomic E-state index is 9.47. The van der Waals surface area contributed by atoms with Crippen molar-refractivity contribution in [1.29, 1.82) is 5.39 Å². The third-order valence-electron chi connectivity index (χ3n) is 5.25. The summed E-state index contributed by atoms with van der Waals surface area (Å²) >= 11 is 1.64. The van der Waals surface area contributed by atoms with Crippen LogP contribution in [0.3, 0.4) is 0 Å². The Bertz CT molecular complexity index is 842. The number of thiazole rings is 1. The summed E-state index contributed by atoms with van der Waals surface area (Å²) in [5, 5.41) is 9.47. The summed E-state index contributed by atoms with van der Waals surface area (Å²) < 4.78 is 9.53. The Hall–Kier alpha value is -1.87. The number of unbranched alkanes of at least 4 members (excludes halogenated alkanes) is 1. The van der Waals surface area contributed by atoms with Crippen molar-refractivity contribution in [1.82, 2.24) is 4.57 Å². The van der Waals surface area contributed by atoms with E-state index in [4.69, 9.17) is 4.74 Å². The second-order valence-corrected chi connectivity index (χ2v) is 8.09. The molecule has 0 spiro atoms. The molecule has 0 radical (unpaired) electrons. The lowest BCUT2D eigenvalue weighted by Crippen LogP contribution is -2.20. The number of nitrogens with zero attached hydrogens (tertiary/aromatic N) is 4. The zero-order valence-electron chi connectivity index (χ0n) is 17.4. The first-order valence-electron chi connectivity index (χ1n) is 10.2. The number of hydrogen-bond donors (Lipinski definition) is 0. The van der Waals surface area contributed by atoms with Crippen molar-refractivity contribution < 1.29 is 4.74 Å². The monoisotopic (exact) mass is 389 g/mol.